The van der Waals surface area contributed by atoms with Crippen molar-refractivity contribution < 1.29 is 19.0 Å². The zero-order valence-electron chi connectivity index (χ0n) is 15.4. The first-order chi connectivity index (χ1) is 13.1. The summed E-state index contributed by atoms with van der Waals surface area (Å²) in [6.45, 7) is 0.567. The van der Waals surface area contributed by atoms with Crippen molar-refractivity contribution in [1.82, 2.24) is 4.90 Å². The van der Waals surface area contributed by atoms with Gasteiger partial charge in [0.2, 0.25) is 0 Å². The molecule has 1 atom stereocenters. The highest BCUT2D eigenvalue weighted by Gasteiger charge is 2.45. The van der Waals surface area contributed by atoms with Crippen LogP contribution in [0.15, 0.2) is 36.4 Å². The minimum atomic E-state index is -0.301. The Morgan fingerprint density at radius 2 is 1.59 bits per heavy atom. The van der Waals surface area contributed by atoms with Crippen LogP contribution in [0.4, 0.5) is 5.69 Å². The van der Waals surface area contributed by atoms with E-state index in [0.29, 0.717) is 29.6 Å². The van der Waals surface area contributed by atoms with Gasteiger partial charge in [0.1, 0.15) is 11.8 Å². The number of thiocarbonyl (C=S) groups is 1. The number of amides is 1. The topological polar surface area (TPSA) is 51.2 Å². The van der Waals surface area contributed by atoms with Gasteiger partial charge in [0.15, 0.2) is 16.6 Å². The Morgan fingerprint density at radius 3 is 2.19 bits per heavy atom. The molecule has 0 unspecified atom stereocenters. The molecule has 0 aromatic heterocycles. The average Bonchev–Trinajstić information content (AvgIpc) is 2.95. The molecule has 27 heavy (non-hydrogen) atoms. The minimum absolute atomic E-state index is 0.00870. The van der Waals surface area contributed by atoms with E-state index in [4.69, 9.17) is 26.4 Å². The van der Waals surface area contributed by atoms with Gasteiger partial charge in [-0.05, 0) is 59.7 Å². The van der Waals surface area contributed by atoms with Crippen LogP contribution in [0.2, 0.25) is 0 Å². The van der Waals surface area contributed by atoms with E-state index in [1.54, 1.807) is 26.2 Å². The lowest BCUT2D eigenvalue weighted by Gasteiger charge is -2.31. The van der Waals surface area contributed by atoms with Gasteiger partial charge >= 0.3 is 0 Å². The summed E-state index contributed by atoms with van der Waals surface area (Å²) >= 11 is 5.64. The van der Waals surface area contributed by atoms with Crippen LogP contribution in [-0.2, 0) is 17.8 Å². The van der Waals surface area contributed by atoms with Crippen molar-refractivity contribution in [3.05, 3.63) is 47.5 Å². The number of nitrogens with zero attached hydrogens (tertiary/aromatic N) is 2. The average molecular weight is 384 g/mol. The standard InChI is InChI=1S/C20H20N2O4S/c1-24-15-6-4-14(5-7-15)22-19(23)16-8-12-9-17(25-2)18(26-3)10-13(12)11-21(16)20(22)27/h4-7,9-10,16H,8,11H2,1-3H3/t16-/m0/s1. The summed E-state index contributed by atoms with van der Waals surface area (Å²) < 4.78 is 16.0. The zero-order valence-corrected chi connectivity index (χ0v) is 16.2. The van der Waals surface area contributed by atoms with Gasteiger partial charge < -0.3 is 19.1 Å². The molecule has 0 spiro atoms. The van der Waals surface area contributed by atoms with E-state index in [1.807, 2.05) is 41.3 Å². The highest BCUT2D eigenvalue weighted by atomic mass is 32.1. The SMILES string of the molecule is COc1ccc(N2C(=O)[C@@H]3Cc4cc(OC)c(OC)cc4CN3C2=S)cc1. The van der Waals surface area contributed by atoms with Crippen LogP contribution in [0.1, 0.15) is 11.1 Å². The highest BCUT2D eigenvalue weighted by molar-refractivity contribution is 7.80. The summed E-state index contributed by atoms with van der Waals surface area (Å²) in [5.74, 6) is 2.08. The molecule has 2 aromatic rings. The van der Waals surface area contributed by atoms with E-state index in [9.17, 15) is 4.79 Å². The number of ether oxygens (including phenoxy) is 3. The molecular formula is C20H20N2O4S. The van der Waals surface area contributed by atoms with Crippen LogP contribution >= 0.6 is 12.2 Å². The molecule has 7 heteroatoms. The predicted octanol–water partition coefficient (Wildman–Crippen LogP) is 2.77. The Labute approximate surface area is 163 Å². The first kappa shape index (κ1) is 17.6. The van der Waals surface area contributed by atoms with Crippen molar-refractivity contribution in [3.8, 4) is 17.2 Å². The van der Waals surface area contributed by atoms with E-state index in [2.05, 4.69) is 0 Å². The van der Waals surface area contributed by atoms with E-state index < -0.39 is 0 Å². The van der Waals surface area contributed by atoms with Crippen molar-refractivity contribution >= 4 is 28.9 Å². The molecule has 6 nitrogen and oxygen atoms in total. The van der Waals surface area contributed by atoms with E-state index in [1.165, 1.54) is 0 Å². The third-order valence-electron chi connectivity index (χ3n) is 5.11. The van der Waals surface area contributed by atoms with Crippen LogP contribution in [0, 0.1) is 0 Å². The Morgan fingerprint density at radius 1 is 0.963 bits per heavy atom. The number of carbonyl (C=O) groups excluding carboxylic acids is 1. The van der Waals surface area contributed by atoms with Gasteiger partial charge in [0, 0.05) is 13.0 Å². The lowest BCUT2D eigenvalue weighted by atomic mass is 9.94. The number of rotatable bonds is 4. The fourth-order valence-corrected chi connectivity index (χ4v) is 4.06. The zero-order chi connectivity index (χ0) is 19.1. The van der Waals surface area contributed by atoms with Crippen molar-refractivity contribution in [3.63, 3.8) is 0 Å². The van der Waals surface area contributed by atoms with Gasteiger partial charge in [-0.25, -0.2) is 0 Å². The predicted molar refractivity (Wildman–Crippen MR) is 106 cm³/mol. The molecule has 0 bridgehead atoms. The normalized spacial score (nSPS) is 18.3. The second kappa shape index (κ2) is 6.74. The molecular weight excluding hydrogens is 364 g/mol. The maximum atomic E-state index is 13.1. The second-order valence-electron chi connectivity index (χ2n) is 6.48. The van der Waals surface area contributed by atoms with Gasteiger partial charge in [0.25, 0.3) is 5.91 Å². The van der Waals surface area contributed by atoms with Crippen molar-refractivity contribution in [2.45, 2.75) is 19.0 Å². The number of anilines is 1. The molecule has 1 amide bonds. The maximum Gasteiger partial charge on any atom is 0.256 e. The van der Waals surface area contributed by atoms with Crippen molar-refractivity contribution in [2.24, 2.45) is 0 Å². The third-order valence-corrected chi connectivity index (χ3v) is 5.53. The summed E-state index contributed by atoms with van der Waals surface area (Å²) in [7, 11) is 4.84. The Balaban J connectivity index is 1.67. The number of hydrogen-bond donors (Lipinski definition) is 0. The largest absolute Gasteiger partial charge is 0.497 e. The fraction of sp³-hybridized carbons (Fsp3) is 0.300. The van der Waals surface area contributed by atoms with Crippen LogP contribution in [0.3, 0.4) is 0 Å². The first-order valence-electron chi connectivity index (χ1n) is 8.59. The number of fused-ring (bicyclic) bond motifs is 2. The second-order valence-corrected chi connectivity index (χ2v) is 6.84. The fourth-order valence-electron chi connectivity index (χ4n) is 3.67. The molecule has 2 aliphatic rings. The van der Waals surface area contributed by atoms with E-state index in [0.717, 1.165) is 22.6 Å². The summed E-state index contributed by atoms with van der Waals surface area (Å²) in [4.78, 5) is 16.7. The minimum Gasteiger partial charge on any atom is -0.497 e. The van der Waals surface area contributed by atoms with Gasteiger partial charge in [-0.1, -0.05) is 0 Å². The Kier molecular flexibility index (Phi) is 4.39. The number of carbonyl (C=O) groups is 1. The lowest BCUT2D eigenvalue weighted by Crippen LogP contribution is -2.40. The van der Waals surface area contributed by atoms with Crippen molar-refractivity contribution in [2.75, 3.05) is 26.2 Å². The Hall–Kier alpha value is -2.80. The van der Waals surface area contributed by atoms with Crippen LogP contribution < -0.4 is 19.1 Å². The molecule has 0 saturated carbocycles. The molecule has 0 aliphatic carbocycles. The molecule has 1 saturated heterocycles. The monoisotopic (exact) mass is 384 g/mol. The van der Waals surface area contributed by atoms with Gasteiger partial charge in [-0.15, -0.1) is 0 Å². The molecule has 0 N–H and O–H groups in total. The first-order valence-corrected chi connectivity index (χ1v) is 9.00. The summed E-state index contributed by atoms with van der Waals surface area (Å²) in [5.41, 5.74) is 2.93. The summed E-state index contributed by atoms with van der Waals surface area (Å²) in [6.07, 6.45) is 0.585. The molecule has 140 valence electrons. The number of methoxy groups -OCH3 is 3. The number of benzene rings is 2. The molecule has 0 radical (unpaired) electrons. The van der Waals surface area contributed by atoms with Crippen molar-refractivity contribution in [1.29, 1.82) is 0 Å². The third kappa shape index (κ3) is 2.78. The number of hydrogen-bond acceptors (Lipinski definition) is 5. The molecule has 2 heterocycles. The molecule has 4 rings (SSSR count). The van der Waals surface area contributed by atoms with Gasteiger partial charge in [-0.2, -0.15) is 0 Å². The van der Waals surface area contributed by atoms with Gasteiger partial charge in [0.05, 0.1) is 27.0 Å². The van der Waals surface area contributed by atoms with Crippen LogP contribution in [0.25, 0.3) is 0 Å². The lowest BCUT2D eigenvalue weighted by molar-refractivity contribution is -0.119. The van der Waals surface area contributed by atoms with Crippen LogP contribution in [0.5, 0.6) is 17.2 Å². The summed E-state index contributed by atoms with van der Waals surface area (Å²) in [6, 6.07) is 11.0. The van der Waals surface area contributed by atoms with E-state index >= 15 is 0 Å². The maximum absolute atomic E-state index is 13.1. The quantitative estimate of drug-likeness (QED) is 0.756. The summed E-state index contributed by atoms with van der Waals surface area (Å²) in [5, 5.41) is 0.524. The smallest absolute Gasteiger partial charge is 0.256 e. The van der Waals surface area contributed by atoms with E-state index in [-0.39, 0.29) is 11.9 Å². The van der Waals surface area contributed by atoms with Crippen LogP contribution in [-0.4, -0.2) is 43.3 Å². The molecule has 2 aliphatic heterocycles. The van der Waals surface area contributed by atoms with Gasteiger partial charge in [-0.3, -0.25) is 9.69 Å². The molecule has 2 aromatic carbocycles. The highest BCUT2D eigenvalue weighted by Crippen LogP contribution is 2.38. The Bertz CT molecular complexity index is 862. The molecule has 1 fully saturated rings.